The van der Waals surface area contributed by atoms with E-state index in [9.17, 15) is 19.7 Å². The molecule has 3 amide bonds. The summed E-state index contributed by atoms with van der Waals surface area (Å²) in [4.78, 5) is 33.7. The van der Waals surface area contributed by atoms with Crippen molar-refractivity contribution in [3.05, 3.63) is 71.3 Å². The lowest BCUT2D eigenvalue weighted by Crippen LogP contribution is -2.19. The highest BCUT2D eigenvalue weighted by Gasteiger charge is 2.12. The molecule has 0 aliphatic heterocycles. The molecular weight excluding hydrogens is 312 g/mol. The third-order valence-corrected chi connectivity index (χ3v) is 2.87. The van der Waals surface area contributed by atoms with Crippen LogP contribution in [0.4, 0.5) is 27.5 Å². The molecule has 0 atom stereocenters. The number of carbonyl (C=O) groups is 2. The molecule has 8 nitrogen and oxygen atoms in total. The Morgan fingerprint density at radius 2 is 1.54 bits per heavy atom. The molecule has 0 aliphatic rings. The lowest BCUT2D eigenvalue weighted by Gasteiger charge is -2.09. The smallest absolute Gasteiger partial charge is 0.322 e. The number of nitro groups is 1. The third-order valence-electron chi connectivity index (χ3n) is 2.87. The van der Waals surface area contributed by atoms with Crippen molar-refractivity contribution in [3.63, 3.8) is 0 Å². The van der Waals surface area contributed by atoms with Crippen LogP contribution in [0, 0.1) is 10.1 Å². The number of hydrogen-bond acceptors (Lipinski definition) is 4. The Kier molecular flexibility index (Phi) is 5.24. The van der Waals surface area contributed by atoms with Crippen LogP contribution in [-0.2, 0) is 4.79 Å². The number of para-hydroxylation sites is 1. The molecule has 0 aliphatic carbocycles. The van der Waals surface area contributed by atoms with Crippen LogP contribution in [0.2, 0.25) is 0 Å². The molecule has 0 bridgehead atoms. The van der Waals surface area contributed by atoms with Crippen LogP contribution >= 0.6 is 0 Å². The Morgan fingerprint density at radius 3 is 2.12 bits per heavy atom. The minimum atomic E-state index is -0.621. The van der Waals surface area contributed by atoms with Gasteiger partial charge in [0.05, 0.1) is 10.6 Å². The minimum absolute atomic E-state index is 0.164. The lowest BCUT2D eigenvalue weighted by atomic mass is 10.2. The summed E-state index contributed by atoms with van der Waals surface area (Å²) < 4.78 is 0. The van der Waals surface area contributed by atoms with Crippen LogP contribution in [-0.4, -0.2) is 16.9 Å². The number of non-ortho nitro benzene ring substituents is 1. The van der Waals surface area contributed by atoms with E-state index in [1.807, 2.05) is 0 Å². The van der Waals surface area contributed by atoms with Crippen LogP contribution < -0.4 is 16.0 Å². The van der Waals surface area contributed by atoms with Crippen LogP contribution in [0.15, 0.2) is 61.2 Å². The number of benzene rings is 2. The molecule has 0 fully saturated rings. The van der Waals surface area contributed by atoms with E-state index in [2.05, 4.69) is 22.5 Å². The summed E-state index contributed by atoms with van der Waals surface area (Å²) in [7, 11) is 0. The van der Waals surface area contributed by atoms with Crippen molar-refractivity contribution in [2.24, 2.45) is 0 Å². The highest BCUT2D eigenvalue weighted by atomic mass is 16.6. The monoisotopic (exact) mass is 326 g/mol. The van der Waals surface area contributed by atoms with E-state index in [-0.39, 0.29) is 17.1 Å². The van der Waals surface area contributed by atoms with Crippen molar-refractivity contribution in [1.82, 2.24) is 0 Å². The Labute approximate surface area is 137 Å². The number of anilines is 3. The number of amides is 3. The lowest BCUT2D eigenvalue weighted by molar-refractivity contribution is -0.384. The van der Waals surface area contributed by atoms with Gasteiger partial charge in [0.2, 0.25) is 5.91 Å². The predicted molar refractivity (Wildman–Crippen MR) is 91.0 cm³/mol. The Hall–Kier alpha value is -3.68. The van der Waals surface area contributed by atoms with E-state index in [1.54, 1.807) is 30.3 Å². The molecule has 2 aromatic rings. The van der Waals surface area contributed by atoms with E-state index < -0.39 is 16.9 Å². The number of hydrogen-bond donors (Lipinski definition) is 3. The third kappa shape index (κ3) is 4.67. The molecule has 0 saturated carbocycles. The van der Waals surface area contributed by atoms with E-state index in [0.717, 1.165) is 6.08 Å². The van der Waals surface area contributed by atoms with Gasteiger partial charge in [-0.1, -0.05) is 24.8 Å². The van der Waals surface area contributed by atoms with Crippen molar-refractivity contribution in [2.45, 2.75) is 0 Å². The van der Waals surface area contributed by atoms with E-state index >= 15 is 0 Å². The maximum Gasteiger partial charge on any atom is 0.323 e. The van der Waals surface area contributed by atoms with Gasteiger partial charge in [-0.2, -0.15) is 0 Å². The molecule has 24 heavy (non-hydrogen) atoms. The molecule has 0 unspecified atom stereocenters. The Bertz CT molecular complexity index is 790. The standard InChI is InChI=1S/C16H14N4O4/c1-2-15(21)17-12-8-13(10-14(9-12)20(23)24)19-16(22)18-11-6-4-3-5-7-11/h2-10H,1H2,(H,17,21)(H2,18,19,22). The second-order valence-corrected chi connectivity index (χ2v) is 4.66. The van der Waals surface area contributed by atoms with Crippen molar-refractivity contribution < 1.29 is 14.5 Å². The zero-order chi connectivity index (χ0) is 17.5. The number of nitrogens with one attached hydrogen (secondary N) is 3. The first-order valence-electron chi connectivity index (χ1n) is 6.84. The minimum Gasteiger partial charge on any atom is -0.322 e. The van der Waals surface area contributed by atoms with Crippen LogP contribution in [0.3, 0.4) is 0 Å². The quantitative estimate of drug-likeness (QED) is 0.444. The van der Waals surface area contributed by atoms with Gasteiger partial charge >= 0.3 is 6.03 Å². The number of rotatable bonds is 5. The number of carbonyl (C=O) groups excluding carboxylic acids is 2. The van der Waals surface area contributed by atoms with E-state index in [4.69, 9.17) is 0 Å². The molecule has 0 spiro atoms. The normalized spacial score (nSPS) is 9.67. The summed E-state index contributed by atoms with van der Waals surface area (Å²) in [6.45, 7) is 3.31. The predicted octanol–water partition coefficient (Wildman–Crippen LogP) is 3.36. The number of urea groups is 1. The topological polar surface area (TPSA) is 113 Å². The molecule has 8 heteroatoms. The zero-order valence-corrected chi connectivity index (χ0v) is 12.5. The van der Waals surface area contributed by atoms with Gasteiger partial charge in [0.15, 0.2) is 0 Å². The summed E-state index contributed by atoms with van der Waals surface area (Å²) in [5.41, 5.74) is 0.633. The summed E-state index contributed by atoms with van der Waals surface area (Å²) in [6.07, 6.45) is 1.04. The van der Waals surface area contributed by atoms with Gasteiger partial charge in [-0.15, -0.1) is 0 Å². The molecule has 0 radical (unpaired) electrons. The SMILES string of the molecule is C=CC(=O)Nc1cc(NC(=O)Nc2ccccc2)cc([N+](=O)[O-])c1. The second-order valence-electron chi connectivity index (χ2n) is 4.66. The van der Waals surface area contributed by atoms with Crippen LogP contribution in [0.25, 0.3) is 0 Å². The van der Waals surface area contributed by atoms with Crippen LogP contribution in [0.1, 0.15) is 0 Å². The molecular formula is C16H14N4O4. The molecule has 122 valence electrons. The first kappa shape index (κ1) is 16.7. The molecule has 0 saturated heterocycles. The number of nitrogens with zero attached hydrogens (tertiary/aromatic N) is 1. The largest absolute Gasteiger partial charge is 0.323 e. The number of nitro benzene ring substituents is 1. The maximum atomic E-state index is 12.0. The van der Waals surface area contributed by atoms with Crippen molar-refractivity contribution in [1.29, 1.82) is 0 Å². The zero-order valence-electron chi connectivity index (χ0n) is 12.5. The maximum absolute atomic E-state index is 12.0. The fourth-order valence-corrected chi connectivity index (χ4v) is 1.87. The first-order valence-corrected chi connectivity index (χ1v) is 6.84. The van der Waals surface area contributed by atoms with Gasteiger partial charge in [0.1, 0.15) is 0 Å². The summed E-state index contributed by atoms with van der Waals surface area (Å²) >= 11 is 0. The summed E-state index contributed by atoms with van der Waals surface area (Å²) in [6, 6.07) is 11.9. The van der Waals surface area contributed by atoms with E-state index in [0.29, 0.717) is 5.69 Å². The van der Waals surface area contributed by atoms with Gasteiger partial charge in [-0.3, -0.25) is 14.9 Å². The highest BCUT2D eigenvalue weighted by molar-refractivity contribution is 6.02. The summed E-state index contributed by atoms with van der Waals surface area (Å²) in [5.74, 6) is -0.518. The van der Waals surface area contributed by atoms with E-state index in [1.165, 1.54) is 18.2 Å². The van der Waals surface area contributed by atoms with Gasteiger partial charge in [0.25, 0.3) is 5.69 Å². The average molecular weight is 326 g/mol. The molecule has 0 aromatic heterocycles. The molecule has 2 rings (SSSR count). The van der Waals surface area contributed by atoms with Crippen LogP contribution in [0.5, 0.6) is 0 Å². The van der Waals surface area contributed by atoms with Crippen molar-refractivity contribution >= 4 is 34.7 Å². The van der Waals surface area contributed by atoms with Gasteiger partial charge in [-0.25, -0.2) is 4.79 Å². The Morgan fingerprint density at radius 1 is 0.958 bits per heavy atom. The highest BCUT2D eigenvalue weighted by Crippen LogP contribution is 2.24. The fourth-order valence-electron chi connectivity index (χ4n) is 1.87. The van der Waals surface area contributed by atoms with Gasteiger partial charge < -0.3 is 16.0 Å². The van der Waals surface area contributed by atoms with Gasteiger partial charge in [-0.05, 0) is 24.3 Å². The molecule has 2 aromatic carbocycles. The summed E-state index contributed by atoms with van der Waals surface area (Å²) in [5, 5.41) is 18.5. The fraction of sp³-hybridized carbons (Fsp3) is 0. The van der Waals surface area contributed by atoms with Crippen molar-refractivity contribution in [3.8, 4) is 0 Å². The molecule has 3 N–H and O–H groups in total. The van der Waals surface area contributed by atoms with Crippen molar-refractivity contribution in [2.75, 3.05) is 16.0 Å². The average Bonchev–Trinajstić information content (AvgIpc) is 2.55. The first-order chi connectivity index (χ1) is 11.5. The second kappa shape index (κ2) is 7.54. The van der Waals surface area contributed by atoms with Gasteiger partial charge in [0, 0.05) is 23.5 Å². The Balaban J connectivity index is 2.18. The molecule has 0 heterocycles.